The standard InChI is InChI=1S/C17H16O/c1-12-5-4-6-13(9-12)10-16-15-8-3-2-7-14(15)11-17(16)18/h2-9,16H,10-11H2,1H3. The predicted molar refractivity (Wildman–Crippen MR) is 72.8 cm³/mol. The molecule has 2 aromatic rings. The molecule has 0 fully saturated rings. The third-order valence-electron chi connectivity index (χ3n) is 3.71. The van der Waals surface area contributed by atoms with Crippen LogP contribution in [0.15, 0.2) is 48.5 Å². The van der Waals surface area contributed by atoms with Crippen molar-refractivity contribution < 1.29 is 4.79 Å². The summed E-state index contributed by atoms with van der Waals surface area (Å²) >= 11 is 0. The molecule has 1 aliphatic rings. The van der Waals surface area contributed by atoms with Crippen molar-refractivity contribution in [2.45, 2.75) is 25.7 Å². The summed E-state index contributed by atoms with van der Waals surface area (Å²) < 4.78 is 0. The van der Waals surface area contributed by atoms with E-state index in [1.54, 1.807) is 0 Å². The summed E-state index contributed by atoms with van der Waals surface area (Å²) in [6.45, 7) is 2.09. The van der Waals surface area contributed by atoms with Gasteiger partial charge in [-0.15, -0.1) is 0 Å². The van der Waals surface area contributed by atoms with Crippen LogP contribution in [0.5, 0.6) is 0 Å². The van der Waals surface area contributed by atoms with Crippen molar-refractivity contribution in [3.8, 4) is 0 Å². The molecule has 0 bridgehead atoms. The topological polar surface area (TPSA) is 17.1 Å². The molecule has 18 heavy (non-hydrogen) atoms. The third kappa shape index (κ3) is 1.97. The lowest BCUT2D eigenvalue weighted by atomic mass is 9.92. The van der Waals surface area contributed by atoms with Gasteiger partial charge in [-0.2, -0.15) is 0 Å². The molecule has 0 amide bonds. The monoisotopic (exact) mass is 236 g/mol. The van der Waals surface area contributed by atoms with E-state index in [0.29, 0.717) is 12.2 Å². The lowest BCUT2D eigenvalue weighted by Gasteiger charge is -2.10. The van der Waals surface area contributed by atoms with Crippen LogP contribution in [0, 0.1) is 6.92 Å². The van der Waals surface area contributed by atoms with Crippen molar-refractivity contribution in [2.24, 2.45) is 0 Å². The van der Waals surface area contributed by atoms with Crippen molar-refractivity contribution in [2.75, 3.05) is 0 Å². The van der Waals surface area contributed by atoms with E-state index >= 15 is 0 Å². The van der Waals surface area contributed by atoms with Gasteiger partial charge in [0.25, 0.3) is 0 Å². The molecule has 3 rings (SSSR count). The number of hydrogen-bond acceptors (Lipinski definition) is 1. The van der Waals surface area contributed by atoms with Gasteiger partial charge in [-0.25, -0.2) is 0 Å². The van der Waals surface area contributed by atoms with Gasteiger partial charge in [-0.05, 0) is 30.0 Å². The van der Waals surface area contributed by atoms with Crippen LogP contribution in [0.4, 0.5) is 0 Å². The summed E-state index contributed by atoms with van der Waals surface area (Å²) in [7, 11) is 0. The average Bonchev–Trinajstić information content (AvgIpc) is 2.66. The molecule has 0 N–H and O–H groups in total. The molecule has 0 heterocycles. The number of ketones is 1. The van der Waals surface area contributed by atoms with Crippen molar-refractivity contribution in [3.05, 3.63) is 70.8 Å². The number of benzene rings is 2. The fourth-order valence-corrected chi connectivity index (χ4v) is 2.82. The molecule has 1 unspecified atom stereocenters. The number of aryl methyl sites for hydroxylation is 1. The Balaban J connectivity index is 1.91. The summed E-state index contributed by atoms with van der Waals surface area (Å²) in [4.78, 5) is 12.1. The zero-order chi connectivity index (χ0) is 12.5. The maximum atomic E-state index is 12.1. The van der Waals surface area contributed by atoms with Gasteiger partial charge in [0.15, 0.2) is 0 Å². The smallest absolute Gasteiger partial charge is 0.145 e. The lowest BCUT2D eigenvalue weighted by molar-refractivity contribution is -0.119. The predicted octanol–water partition coefficient (Wildman–Crippen LogP) is 3.45. The van der Waals surface area contributed by atoms with Crippen molar-refractivity contribution >= 4 is 5.78 Å². The Labute approximate surface area is 107 Å². The van der Waals surface area contributed by atoms with Gasteiger partial charge in [0.2, 0.25) is 0 Å². The summed E-state index contributed by atoms with van der Waals surface area (Å²) in [5.74, 6) is 0.417. The Hall–Kier alpha value is -1.89. The van der Waals surface area contributed by atoms with E-state index in [1.165, 1.54) is 22.3 Å². The Kier molecular flexibility index (Phi) is 2.75. The average molecular weight is 236 g/mol. The minimum Gasteiger partial charge on any atom is -0.299 e. The van der Waals surface area contributed by atoms with Gasteiger partial charge >= 0.3 is 0 Å². The molecule has 1 atom stereocenters. The van der Waals surface area contributed by atoms with Gasteiger partial charge in [0.05, 0.1) is 0 Å². The van der Waals surface area contributed by atoms with E-state index < -0.39 is 0 Å². The first-order valence-electron chi connectivity index (χ1n) is 6.40. The second-order valence-electron chi connectivity index (χ2n) is 5.09. The first-order chi connectivity index (χ1) is 8.74. The van der Waals surface area contributed by atoms with Gasteiger partial charge in [0.1, 0.15) is 5.78 Å². The molecule has 2 aromatic carbocycles. The highest BCUT2D eigenvalue weighted by molar-refractivity contribution is 5.92. The Morgan fingerprint density at radius 1 is 1.11 bits per heavy atom. The van der Waals surface area contributed by atoms with Gasteiger partial charge < -0.3 is 0 Å². The fraction of sp³-hybridized carbons (Fsp3) is 0.235. The van der Waals surface area contributed by atoms with Crippen LogP contribution in [0.2, 0.25) is 0 Å². The SMILES string of the molecule is Cc1cccc(CC2C(=O)Cc3ccccc32)c1. The number of fused-ring (bicyclic) bond motifs is 1. The number of carbonyl (C=O) groups is 1. The molecule has 0 aliphatic heterocycles. The quantitative estimate of drug-likeness (QED) is 0.780. The second-order valence-corrected chi connectivity index (χ2v) is 5.09. The molecule has 0 radical (unpaired) electrons. The third-order valence-corrected chi connectivity index (χ3v) is 3.71. The summed E-state index contributed by atoms with van der Waals surface area (Å²) in [5.41, 5.74) is 4.94. The largest absolute Gasteiger partial charge is 0.299 e. The summed E-state index contributed by atoms with van der Waals surface area (Å²) in [5, 5.41) is 0. The van der Waals surface area contributed by atoms with Gasteiger partial charge in [-0.3, -0.25) is 4.79 Å². The molecule has 0 saturated carbocycles. The Morgan fingerprint density at radius 2 is 1.94 bits per heavy atom. The number of Topliss-reactive ketones (excluding diaryl/α,β-unsaturated/α-hetero) is 1. The van der Waals surface area contributed by atoms with Gasteiger partial charge in [0, 0.05) is 12.3 Å². The number of rotatable bonds is 2. The van der Waals surface area contributed by atoms with Crippen LogP contribution >= 0.6 is 0 Å². The van der Waals surface area contributed by atoms with E-state index in [4.69, 9.17) is 0 Å². The zero-order valence-electron chi connectivity index (χ0n) is 10.5. The van der Waals surface area contributed by atoms with Crippen molar-refractivity contribution in [1.82, 2.24) is 0 Å². The maximum absolute atomic E-state index is 12.1. The van der Waals surface area contributed by atoms with Crippen molar-refractivity contribution in [1.29, 1.82) is 0 Å². The zero-order valence-corrected chi connectivity index (χ0v) is 10.5. The minimum atomic E-state index is 0.0583. The van der Waals surface area contributed by atoms with E-state index in [2.05, 4.69) is 43.3 Å². The molecular weight excluding hydrogens is 220 g/mol. The summed E-state index contributed by atoms with van der Waals surface area (Å²) in [6, 6.07) is 16.7. The number of carbonyl (C=O) groups excluding carboxylic acids is 1. The van der Waals surface area contributed by atoms with Crippen molar-refractivity contribution in [3.63, 3.8) is 0 Å². The molecule has 90 valence electrons. The second kappa shape index (κ2) is 4.41. The van der Waals surface area contributed by atoms with Crippen LogP contribution in [-0.2, 0) is 17.6 Å². The van der Waals surface area contributed by atoms with Crippen LogP contribution in [0.1, 0.15) is 28.2 Å². The first-order valence-corrected chi connectivity index (χ1v) is 6.40. The maximum Gasteiger partial charge on any atom is 0.145 e. The Bertz CT molecular complexity index is 598. The normalized spacial score (nSPS) is 17.8. The summed E-state index contributed by atoms with van der Waals surface area (Å²) in [6.07, 6.45) is 1.43. The van der Waals surface area contributed by atoms with Crippen LogP contribution < -0.4 is 0 Å². The molecule has 1 aliphatic carbocycles. The van der Waals surface area contributed by atoms with Crippen LogP contribution in [-0.4, -0.2) is 5.78 Å². The van der Waals surface area contributed by atoms with E-state index in [1.807, 2.05) is 12.1 Å². The molecule has 0 spiro atoms. The highest BCUT2D eigenvalue weighted by Gasteiger charge is 2.29. The first kappa shape index (κ1) is 11.2. The molecule has 0 aromatic heterocycles. The number of hydrogen-bond donors (Lipinski definition) is 0. The van der Waals surface area contributed by atoms with E-state index in [-0.39, 0.29) is 5.92 Å². The lowest BCUT2D eigenvalue weighted by Crippen LogP contribution is -2.09. The van der Waals surface area contributed by atoms with E-state index in [9.17, 15) is 4.79 Å². The Morgan fingerprint density at radius 3 is 2.78 bits per heavy atom. The highest BCUT2D eigenvalue weighted by atomic mass is 16.1. The molecule has 1 heteroatoms. The highest BCUT2D eigenvalue weighted by Crippen LogP contribution is 2.32. The molecule has 1 nitrogen and oxygen atoms in total. The fourth-order valence-electron chi connectivity index (χ4n) is 2.82. The van der Waals surface area contributed by atoms with E-state index in [0.717, 1.165) is 6.42 Å². The van der Waals surface area contributed by atoms with Gasteiger partial charge in [-0.1, -0.05) is 54.1 Å². The molecule has 0 saturated heterocycles. The molecular formula is C17H16O. The van der Waals surface area contributed by atoms with Crippen LogP contribution in [0.25, 0.3) is 0 Å². The van der Waals surface area contributed by atoms with Crippen LogP contribution in [0.3, 0.4) is 0 Å². The minimum absolute atomic E-state index is 0.0583.